The molecule has 4 nitrogen and oxygen atoms in total. The normalized spacial score (nSPS) is 23.1. The van der Waals surface area contributed by atoms with Crippen LogP contribution in [0.15, 0.2) is 0 Å². The summed E-state index contributed by atoms with van der Waals surface area (Å²) in [7, 11) is 0. The van der Waals surface area contributed by atoms with Crippen molar-refractivity contribution < 1.29 is 4.79 Å². The van der Waals surface area contributed by atoms with Crippen LogP contribution in [-0.4, -0.2) is 30.1 Å². The maximum atomic E-state index is 12.0. The second-order valence-electron chi connectivity index (χ2n) is 5.17. The summed E-state index contributed by atoms with van der Waals surface area (Å²) in [6.45, 7) is 1.47. The summed E-state index contributed by atoms with van der Waals surface area (Å²) in [5.74, 6) is 0.147. The quantitative estimate of drug-likeness (QED) is 0.758. The first kappa shape index (κ1) is 12.2. The van der Waals surface area contributed by atoms with E-state index in [0.717, 1.165) is 38.8 Å². The maximum absolute atomic E-state index is 12.0. The van der Waals surface area contributed by atoms with Crippen LogP contribution in [0.2, 0.25) is 0 Å². The molecule has 1 aliphatic carbocycles. The van der Waals surface area contributed by atoms with Crippen molar-refractivity contribution in [1.29, 1.82) is 5.26 Å². The third-order valence-corrected chi connectivity index (χ3v) is 3.90. The van der Waals surface area contributed by atoms with Crippen molar-refractivity contribution in [2.45, 2.75) is 51.0 Å². The molecule has 2 amide bonds. The van der Waals surface area contributed by atoms with Gasteiger partial charge < -0.3 is 10.2 Å². The lowest BCUT2D eigenvalue weighted by Gasteiger charge is -2.32. The molecule has 4 heteroatoms. The molecule has 1 saturated heterocycles. The van der Waals surface area contributed by atoms with Crippen LogP contribution < -0.4 is 5.32 Å². The summed E-state index contributed by atoms with van der Waals surface area (Å²) in [5, 5.41) is 11.9. The second kappa shape index (κ2) is 5.90. The molecule has 2 fully saturated rings. The van der Waals surface area contributed by atoms with Crippen molar-refractivity contribution in [3.63, 3.8) is 0 Å². The minimum absolute atomic E-state index is 0.0771. The Morgan fingerprint density at radius 1 is 1.12 bits per heavy atom. The van der Waals surface area contributed by atoms with Crippen LogP contribution in [0, 0.1) is 17.2 Å². The average molecular weight is 235 g/mol. The standard InChI is InChI=1S/C13H21N3O/c14-10-11-6-8-16(9-7-11)13(17)15-12-4-2-1-3-5-12/h11-12H,1-9H2,(H,15,17). The van der Waals surface area contributed by atoms with Crippen molar-refractivity contribution in [3.05, 3.63) is 0 Å². The highest BCUT2D eigenvalue weighted by Crippen LogP contribution is 2.19. The predicted molar refractivity (Wildman–Crippen MR) is 65.3 cm³/mol. The first-order valence-electron chi connectivity index (χ1n) is 6.74. The number of hydrogen-bond acceptors (Lipinski definition) is 2. The van der Waals surface area contributed by atoms with Gasteiger partial charge in [-0.25, -0.2) is 4.79 Å². The average Bonchev–Trinajstić information content (AvgIpc) is 2.40. The molecule has 0 aromatic heterocycles. The van der Waals surface area contributed by atoms with E-state index in [0.29, 0.717) is 6.04 Å². The topological polar surface area (TPSA) is 56.1 Å². The van der Waals surface area contributed by atoms with Crippen LogP contribution >= 0.6 is 0 Å². The van der Waals surface area contributed by atoms with Crippen LogP contribution in [0.5, 0.6) is 0 Å². The fraction of sp³-hybridized carbons (Fsp3) is 0.846. The van der Waals surface area contributed by atoms with Crippen molar-refractivity contribution in [2.24, 2.45) is 5.92 Å². The third kappa shape index (κ3) is 3.36. The minimum atomic E-state index is 0.0771. The van der Waals surface area contributed by atoms with Gasteiger partial charge in [-0.3, -0.25) is 0 Å². The van der Waals surface area contributed by atoms with E-state index in [1.54, 1.807) is 0 Å². The van der Waals surface area contributed by atoms with E-state index in [4.69, 9.17) is 5.26 Å². The lowest BCUT2D eigenvalue weighted by Crippen LogP contribution is -2.48. The summed E-state index contributed by atoms with van der Waals surface area (Å²) in [6.07, 6.45) is 7.69. The molecule has 0 radical (unpaired) electrons. The molecule has 1 aliphatic heterocycles. The molecule has 94 valence electrons. The fourth-order valence-electron chi connectivity index (χ4n) is 2.72. The Hall–Kier alpha value is -1.24. The van der Waals surface area contributed by atoms with Crippen LogP contribution in [0.1, 0.15) is 44.9 Å². The molecule has 0 atom stereocenters. The largest absolute Gasteiger partial charge is 0.335 e. The van der Waals surface area contributed by atoms with E-state index in [9.17, 15) is 4.79 Å². The highest BCUT2D eigenvalue weighted by Gasteiger charge is 2.24. The first-order valence-corrected chi connectivity index (χ1v) is 6.74. The van der Waals surface area contributed by atoms with Crippen LogP contribution in [0.25, 0.3) is 0 Å². The number of likely N-dealkylation sites (tertiary alicyclic amines) is 1. The molecule has 0 aromatic carbocycles. The SMILES string of the molecule is N#CC1CCN(C(=O)NC2CCCCC2)CC1. The van der Waals surface area contributed by atoms with E-state index >= 15 is 0 Å². The van der Waals surface area contributed by atoms with Gasteiger partial charge in [0.2, 0.25) is 0 Å². The molecule has 1 saturated carbocycles. The number of amides is 2. The molecule has 17 heavy (non-hydrogen) atoms. The molecule has 2 aliphatic rings. The summed E-state index contributed by atoms with van der Waals surface area (Å²) >= 11 is 0. The Labute approximate surface area is 103 Å². The number of nitrogens with one attached hydrogen (secondary N) is 1. The van der Waals surface area contributed by atoms with Crippen molar-refractivity contribution in [2.75, 3.05) is 13.1 Å². The Kier molecular flexibility index (Phi) is 4.24. The Balaban J connectivity index is 1.75. The Morgan fingerprint density at radius 2 is 1.76 bits per heavy atom. The summed E-state index contributed by atoms with van der Waals surface area (Å²) in [4.78, 5) is 13.9. The van der Waals surface area contributed by atoms with Crippen LogP contribution in [0.3, 0.4) is 0 Å². The van der Waals surface area contributed by atoms with E-state index < -0.39 is 0 Å². The predicted octanol–water partition coefficient (Wildman–Crippen LogP) is 2.26. The Bertz CT molecular complexity index is 296. The van der Waals surface area contributed by atoms with Crippen molar-refractivity contribution >= 4 is 6.03 Å². The van der Waals surface area contributed by atoms with Gasteiger partial charge in [0, 0.05) is 25.0 Å². The van der Waals surface area contributed by atoms with E-state index in [1.165, 1.54) is 19.3 Å². The Morgan fingerprint density at radius 3 is 2.35 bits per heavy atom. The van der Waals surface area contributed by atoms with E-state index in [2.05, 4.69) is 11.4 Å². The smallest absolute Gasteiger partial charge is 0.317 e. The van der Waals surface area contributed by atoms with Gasteiger partial charge in [-0.2, -0.15) is 5.26 Å². The summed E-state index contributed by atoms with van der Waals surface area (Å²) in [6, 6.07) is 2.74. The third-order valence-electron chi connectivity index (χ3n) is 3.90. The van der Waals surface area contributed by atoms with Gasteiger partial charge in [-0.15, -0.1) is 0 Å². The van der Waals surface area contributed by atoms with Gasteiger partial charge >= 0.3 is 6.03 Å². The first-order chi connectivity index (χ1) is 8.29. The monoisotopic (exact) mass is 235 g/mol. The number of carbonyl (C=O) groups excluding carboxylic acids is 1. The van der Waals surface area contributed by atoms with E-state index in [-0.39, 0.29) is 11.9 Å². The summed E-state index contributed by atoms with van der Waals surface area (Å²) in [5.41, 5.74) is 0. The number of piperidine rings is 1. The fourth-order valence-corrected chi connectivity index (χ4v) is 2.72. The lowest BCUT2D eigenvalue weighted by molar-refractivity contribution is 0.172. The minimum Gasteiger partial charge on any atom is -0.335 e. The zero-order valence-corrected chi connectivity index (χ0v) is 10.3. The molecule has 0 aromatic rings. The zero-order chi connectivity index (χ0) is 12.1. The molecule has 2 rings (SSSR count). The molecule has 0 bridgehead atoms. The molecular formula is C13H21N3O. The molecule has 1 heterocycles. The van der Waals surface area contributed by atoms with Gasteiger partial charge in [0.05, 0.1) is 6.07 Å². The van der Waals surface area contributed by atoms with E-state index in [1.807, 2.05) is 4.90 Å². The number of urea groups is 1. The number of carbonyl (C=O) groups is 1. The molecule has 1 N–H and O–H groups in total. The molecule has 0 unspecified atom stereocenters. The highest BCUT2D eigenvalue weighted by molar-refractivity contribution is 5.74. The highest BCUT2D eigenvalue weighted by atomic mass is 16.2. The summed E-state index contributed by atoms with van der Waals surface area (Å²) < 4.78 is 0. The lowest BCUT2D eigenvalue weighted by atomic mass is 9.95. The number of hydrogen-bond donors (Lipinski definition) is 1. The number of nitrogens with zero attached hydrogens (tertiary/aromatic N) is 2. The zero-order valence-electron chi connectivity index (χ0n) is 10.3. The number of nitriles is 1. The van der Waals surface area contributed by atoms with Crippen molar-refractivity contribution in [1.82, 2.24) is 10.2 Å². The van der Waals surface area contributed by atoms with Gasteiger partial charge in [0.25, 0.3) is 0 Å². The maximum Gasteiger partial charge on any atom is 0.317 e. The molecular weight excluding hydrogens is 214 g/mol. The van der Waals surface area contributed by atoms with Gasteiger partial charge in [0.15, 0.2) is 0 Å². The number of rotatable bonds is 1. The second-order valence-corrected chi connectivity index (χ2v) is 5.17. The van der Waals surface area contributed by atoms with Gasteiger partial charge in [-0.1, -0.05) is 19.3 Å². The van der Waals surface area contributed by atoms with Crippen LogP contribution in [-0.2, 0) is 0 Å². The van der Waals surface area contributed by atoms with Crippen LogP contribution in [0.4, 0.5) is 4.79 Å². The van der Waals surface area contributed by atoms with Crippen molar-refractivity contribution in [3.8, 4) is 6.07 Å². The van der Waals surface area contributed by atoms with Gasteiger partial charge in [0.1, 0.15) is 0 Å². The molecule has 0 spiro atoms. The van der Waals surface area contributed by atoms with Gasteiger partial charge in [-0.05, 0) is 25.7 Å².